The van der Waals surface area contributed by atoms with E-state index in [0.717, 1.165) is 19.4 Å². The van der Waals surface area contributed by atoms with Gasteiger partial charge in [0.1, 0.15) is 5.82 Å². The Morgan fingerprint density at radius 2 is 2.25 bits per heavy atom. The summed E-state index contributed by atoms with van der Waals surface area (Å²) >= 11 is 0. The lowest BCUT2D eigenvalue weighted by molar-refractivity contribution is -0.136. The number of anilines is 1. The van der Waals surface area contributed by atoms with E-state index in [1.54, 1.807) is 24.2 Å². The van der Waals surface area contributed by atoms with Gasteiger partial charge >= 0.3 is 0 Å². The van der Waals surface area contributed by atoms with E-state index in [9.17, 15) is 9.59 Å². The largest absolute Gasteiger partial charge is 0.339 e. The van der Waals surface area contributed by atoms with Gasteiger partial charge in [0.2, 0.25) is 11.8 Å². The van der Waals surface area contributed by atoms with Gasteiger partial charge in [-0.3, -0.25) is 14.5 Å². The first kappa shape index (κ1) is 14.5. The Labute approximate surface area is 119 Å². The van der Waals surface area contributed by atoms with Crippen LogP contribution in [-0.2, 0) is 9.59 Å². The molecule has 2 amide bonds. The number of carbonyl (C=O) groups excluding carboxylic acids is 2. The van der Waals surface area contributed by atoms with Crippen LogP contribution in [0.5, 0.6) is 0 Å². The van der Waals surface area contributed by atoms with Crippen molar-refractivity contribution in [2.45, 2.75) is 38.6 Å². The zero-order chi connectivity index (χ0) is 14.5. The molecule has 0 aromatic carbocycles. The maximum atomic E-state index is 12.3. The van der Waals surface area contributed by atoms with E-state index >= 15 is 0 Å². The molecule has 0 saturated carbocycles. The number of nitrogens with zero attached hydrogens (tertiary/aromatic N) is 3. The zero-order valence-electron chi connectivity index (χ0n) is 12.1. The Kier molecular flexibility index (Phi) is 4.71. The molecule has 2 heterocycles. The third-order valence-corrected chi connectivity index (χ3v) is 3.73. The average molecular weight is 275 g/mol. The molecule has 2 rings (SSSR count). The molecule has 0 N–H and O–H groups in total. The molecule has 1 saturated heterocycles. The maximum absolute atomic E-state index is 12.3. The molecule has 1 aromatic heterocycles. The fraction of sp³-hybridized carbons (Fsp3) is 0.533. The van der Waals surface area contributed by atoms with Crippen molar-refractivity contribution in [1.29, 1.82) is 0 Å². The number of hydrogen-bond donors (Lipinski definition) is 0. The predicted octanol–water partition coefficient (Wildman–Crippen LogP) is 1.84. The molecule has 5 heteroatoms. The molecular formula is C15H21N3O2. The molecule has 0 spiro atoms. The van der Waals surface area contributed by atoms with Crippen LogP contribution in [0.1, 0.15) is 32.6 Å². The first-order valence-corrected chi connectivity index (χ1v) is 7.06. The minimum atomic E-state index is -0.0542. The Bertz CT molecular complexity index is 475. The highest BCUT2D eigenvalue weighted by molar-refractivity contribution is 5.92. The van der Waals surface area contributed by atoms with Crippen LogP contribution in [0.3, 0.4) is 0 Å². The third-order valence-electron chi connectivity index (χ3n) is 3.73. The van der Waals surface area contributed by atoms with Crippen LogP contribution in [0.2, 0.25) is 0 Å². The van der Waals surface area contributed by atoms with Crippen molar-refractivity contribution in [3.8, 4) is 0 Å². The Morgan fingerprint density at radius 1 is 1.45 bits per heavy atom. The summed E-state index contributed by atoms with van der Waals surface area (Å²) in [6.45, 7) is 2.70. The minimum absolute atomic E-state index is 0.0189. The summed E-state index contributed by atoms with van der Waals surface area (Å²) in [4.78, 5) is 31.6. The quantitative estimate of drug-likeness (QED) is 0.842. The second-order valence-electron chi connectivity index (χ2n) is 5.24. The standard InChI is InChI=1S/C15H21N3O2/c1-12(18-10-6-4-8-14(18)19)11-15(20)17(2)13-7-3-5-9-16-13/h3,5,7,9,12H,4,6,8,10-11H2,1-2H3. The number of carbonyl (C=O) groups is 2. The van der Waals surface area contributed by atoms with Crippen LogP contribution in [0.15, 0.2) is 24.4 Å². The van der Waals surface area contributed by atoms with Crippen molar-refractivity contribution >= 4 is 17.6 Å². The number of piperidine rings is 1. The van der Waals surface area contributed by atoms with Crippen LogP contribution >= 0.6 is 0 Å². The van der Waals surface area contributed by atoms with Gasteiger partial charge in [-0.15, -0.1) is 0 Å². The van der Waals surface area contributed by atoms with Crippen LogP contribution in [0.25, 0.3) is 0 Å². The Balaban J connectivity index is 1.95. The van der Waals surface area contributed by atoms with Gasteiger partial charge in [-0.1, -0.05) is 6.07 Å². The first-order chi connectivity index (χ1) is 9.59. The molecule has 5 nitrogen and oxygen atoms in total. The highest BCUT2D eigenvalue weighted by Gasteiger charge is 2.26. The lowest BCUT2D eigenvalue weighted by Gasteiger charge is -2.33. The molecule has 1 atom stereocenters. The van der Waals surface area contributed by atoms with Crippen LogP contribution < -0.4 is 4.90 Å². The van der Waals surface area contributed by atoms with Crippen molar-refractivity contribution < 1.29 is 9.59 Å². The molecule has 20 heavy (non-hydrogen) atoms. The Morgan fingerprint density at radius 3 is 2.90 bits per heavy atom. The SMILES string of the molecule is CC(CC(=O)N(C)c1ccccn1)N1CCCCC1=O. The van der Waals surface area contributed by atoms with Crippen LogP contribution in [0, 0.1) is 0 Å². The van der Waals surface area contributed by atoms with Gasteiger partial charge in [0, 0.05) is 38.7 Å². The molecule has 1 fully saturated rings. The molecule has 0 aliphatic carbocycles. The Hall–Kier alpha value is -1.91. The zero-order valence-corrected chi connectivity index (χ0v) is 12.1. The van der Waals surface area contributed by atoms with Gasteiger partial charge in [0.15, 0.2) is 0 Å². The van der Waals surface area contributed by atoms with E-state index in [1.807, 2.05) is 24.0 Å². The molecular weight excluding hydrogens is 254 g/mol. The van der Waals surface area contributed by atoms with Gasteiger partial charge < -0.3 is 4.90 Å². The average Bonchev–Trinajstić information content (AvgIpc) is 2.47. The van der Waals surface area contributed by atoms with Crippen molar-refractivity contribution in [3.05, 3.63) is 24.4 Å². The van der Waals surface area contributed by atoms with E-state index in [-0.39, 0.29) is 17.9 Å². The highest BCUT2D eigenvalue weighted by Crippen LogP contribution is 2.17. The molecule has 1 aliphatic rings. The van der Waals surface area contributed by atoms with Crippen molar-refractivity contribution in [3.63, 3.8) is 0 Å². The summed E-state index contributed by atoms with van der Waals surface area (Å²) in [6.07, 6.45) is 4.59. The van der Waals surface area contributed by atoms with E-state index in [2.05, 4.69) is 4.98 Å². The van der Waals surface area contributed by atoms with E-state index in [0.29, 0.717) is 18.7 Å². The maximum Gasteiger partial charge on any atom is 0.229 e. The van der Waals surface area contributed by atoms with Gasteiger partial charge in [-0.25, -0.2) is 4.98 Å². The van der Waals surface area contributed by atoms with Crippen molar-refractivity contribution in [2.75, 3.05) is 18.5 Å². The fourth-order valence-corrected chi connectivity index (χ4v) is 2.47. The van der Waals surface area contributed by atoms with E-state index in [4.69, 9.17) is 0 Å². The molecule has 0 radical (unpaired) electrons. The first-order valence-electron chi connectivity index (χ1n) is 7.06. The summed E-state index contributed by atoms with van der Waals surface area (Å²) in [7, 11) is 1.72. The topological polar surface area (TPSA) is 53.5 Å². The predicted molar refractivity (Wildman–Crippen MR) is 77.3 cm³/mol. The number of likely N-dealkylation sites (tertiary alicyclic amines) is 1. The summed E-state index contributed by atoms with van der Waals surface area (Å²) in [6, 6.07) is 5.41. The summed E-state index contributed by atoms with van der Waals surface area (Å²) in [5, 5.41) is 0. The monoisotopic (exact) mass is 275 g/mol. The van der Waals surface area contributed by atoms with Crippen LogP contribution in [-0.4, -0.2) is 41.3 Å². The fourth-order valence-electron chi connectivity index (χ4n) is 2.47. The second-order valence-corrected chi connectivity index (χ2v) is 5.24. The molecule has 1 aromatic rings. The summed E-state index contributed by atoms with van der Waals surface area (Å²) in [5.41, 5.74) is 0. The van der Waals surface area contributed by atoms with Gasteiger partial charge in [0.25, 0.3) is 0 Å². The van der Waals surface area contributed by atoms with Gasteiger partial charge in [-0.05, 0) is 31.9 Å². The van der Waals surface area contributed by atoms with Gasteiger partial charge in [0.05, 0.1) is 0 Å². The second kappa shape index (κ2) is 6.50. The lowest BCUT2D eigenvalue weighted by atomic mass is 10.1. The third kappa shape index (κ3) is 3.35. The number of amides is 2. The van der Waals surface area contributed by atoms with Crippen LogP contribution in [0.4, 0.5) is 5.82 Å². The minimum Gasteiger partial charge on any atom is -0.339 e. The number of aromatic nitrogens is 1. The number of hydrogen-bond acceptors (Lipinski definition) is 3. The van der Waals surface area contributed by atoms with Crippen molar-refractivity contribution in [1.82, 2.24) is 9.88 Å². The summed E-state index contributed by atoms with van der Waals surface area (Å²) < 4.78 is 0. The van der Waals surface area contributed by atoms with Crippen molar-refractivity contribution in [2.24, 2.45) is 0 Å². The smallest absolute Gasteiger partial charge is 0.229 e. The highest BCUT2D eigenvalue weighted by atomic mass is 16.2. The summed E-state index contributed by atoms with van der Waals surface area (Å²) in [5.74, 6) is 0.779. The molecule has 1 unspecified atom stereocenters. The lowest BCUT2D eigenvalue weighted by Crippen LogP contribution is -2.44. The molecule has 0 bridgehead atoms. The van der Waals surface area contributed by atoms with E-state index in [1.165, 1.54) is 0 Å². The van der Waals surface area contributed by atoms with E-state index < -0.39 is 0 Å². The number of pyridine rings is 1. The molecule has 1 aliphatic heterocycles. The normalized spacial score (nSPS) is 16.9. The van der Waals surface area contributed by atoms with Gasteiger partial charge in [-0.2, -0.15) is 0 Å². The number of rotatable bonds is 4. The molecule has 108 valence electrons.